The Hall–Kier alpha value is -2.56. The first kappa shape index (κ1) is 16.8. The van der Waals surface area contributed by atoms with Gasteiger partial charge in [-0.2, -0.15) is 0 Å². The summed E-state index contributed by atoms with van der Waals surface area (Å²) in [5.74, 6) is -0.162. The number of halogens is 1. The Morgan fingerprint density at radius 2 is 1.96 bits per heavy atom. The molecule has 0 aromatic heterocycles. The fraction of sp³-hybridized carbons (Fsp3) is 0.278. The summed E-state index contributed by atoms with van der Waals surface area (Å²) in [5, 5.41) is 5.94. The van der Waals surface area contributed by atoms with Crippen LogP contribution in [-0.4, -0.2) is 18.6 Å². The SMILES string of the molecule is CCOc1cc(F)ccc1NC(C)C(=O)Nc1ccccc1C. The van der Waals surface area contributed by atoms with E-state index in [2.05, 4.69) is 10.6 Å². The van der Waals surface area contributed by atoms with Gasteiger partial charge in [0.25, 0.3) is 0 Å². The highest BCUT2D eigenvalue weighted by Gasteiger charge is 2.16. The van der Waals surface area contributed by atoms with Crippen LogP contribution in [-0.2, 0) is 4.79 Å². The predicted octanol–water partition coefficient (Wildman–Crippen LogP) is 3.97. The molecule has 2 N–H and O–H groups in total. The monoisotopic (exact) mass is 316 g/mol. The van der Waals surface area contributed by atoms with Gasteiger partial charge >= 0.3 is 0 Å². The molecule has 0 saturated carbocycles. The smallest absolute Gasteiger partial charge is 0.246 e. The predicted molar refractivity (Wildman–Crippen MR) is 90.5 cm³/mol. The second-order valence-corrected chi connectivity index (χ2v) is 5.24. The molecular weight excluding hydrogens is 295 g/mol. The molecule has 0 saturated heterocycles. The van der Waals surface area contributed by atoms with Crippen LogP contribution >= 0.6 is 0 Å². The lowest BCUT2D eigenvalue weighted by atomic mass is 10.2. The van der Waals surface area contributed by atoms with E-state index >= 15 is 0 Å². The van der Waals surface area contributed by atoms with E-state index in [1.165, 1.54) is 12.1 Å². The number of hydrogen-bond donors (Lipinski definition) is 2. The van der Waals surface area contributed by atoms with Crippen molar-refractivity contribution in [2.24, 2.45) is 0 Å². The fourth-order valence-corrected chi connectivity index (χ4v) is 2.14. The maximum absolute atomic E-state index is 13.3. The summed E-state index contributed by atoms with van der Waals surface area (Å²) in [6.07, 6.45) is 0. The van der Waals surface area contributed by atoms with Gasteiger partial charge in [-0.25, -0.2) is 4.39 Å². The quantitative estimate of drug-likeness (QED) is 0.848. The van der Waals surface area contributed by atoms with Gasteiger partial charge < -0.3 is 15.4 Å². The van der Waals surface area contributed by atoms with E-state index in [4.69, 9.17) is 4.74 Å². The van der Waals surface area contributed by atoms with Crippen molar-refractivity contribution >= 4 is 17.3 Å². The van der Waals surface area contributed by atoms with Gasteiger partial charge in [-0.15, -0.1) is 0 Å². The standard InChI is InChI=1S/C18H21FN2O2/c1-4-23-17-11-14(19)9-10-16(17)20-13(3)18(22)21-15-8-6-5-7-12(15)2/h5-11,13,20H,4H2,1-3H3,(H,21,22). The topological polar surface area (TPSA) is 50.4 Å². The maximum atomic E-state index is 13.3. The highest BCUT2D eigenvalue weighted by molar-refractivity contribution is 5.97. The van der Waals surface area contributed by atoms with Gasteiger partial charge in [-0.1, -0.05) is 18.2 Å². The van der Waals surface area contributed by atoms with Gasteiger partial charge in [-0.05, 0) is 44.5 Å². The number of carbonyl (C=O) groups is 1. The molecule has 4 nitrogen and oxygen atoms in total. The van der Waals surface area contributed by atoms with Crippen LogP contribution < -0.4 is 15.4 Å². The van der Waals surface area contributed by atoms with Gasteiger partial charge in [0.2, 0.25) is 5.91 Å². The molecule has 122 valence electrons. The van der Waals surface area contributed by atoms with Crippen LogP contribution in [0.25, 0.3) is 0 Å². The van der Waals surface area contributed by atoms with Crippen molar-refractivity contribution in [3.8, 4) is 5.75 Å². The van der Waals surface area contributed by atoms with Gasteiger partial charge in [0.05, 0.1) is 12.3 Å². The Kier molecular flexibility index (Phi) is 5.57. The van der Waals surface area contributed by atoms with Crippen LogP contribution in [0.1, 0.15) is 19.4 Å². The Morgan fingerprint density at radius 3 is 2.65 bits per heavy atom. The Balaban J connectivity index is 2.08. The van der Waals surface area contributed by atoms with E-state index < -0.39 is 6.04 Å². The van der Waals surface area contributed by atoms with Crippen molar-refractivity contribution in [2.75, 3.05) is 17.2 Å². The van der Waals surface area contributed by atoms with Gasteiger partial charge in [0.15, 0.2) is 0 Å². The third-order valence-corrected chi connectivity index (χ3v) is 3.41. The van der Waals surface area contributed by atoms with Crippen LogP contribution in [0.2, 0.25) is 0 Å². The largest absolute Gasteiger partial charge is 0.492 e. The van der Waals surface area contributed by atoms with E-state index in [9.17, 15) is 9.18 Å². The maximum Gasteiger partial charge on any atom is 0.246 e. The summed E-state index contributed by atoms with van der Waals surface area (Å²) in [4.78, 5) is 12.3. The lowest BCUT2D eigenvalue weighted by Crippen LogP contribution is -2.32. The van der Waals surface area contributed by atoms with Crippen molar-refractivity contribution < 1.29 is 13.9 Å². The summed E-state index contributed by atoms with van der Waals surface area (Å²) in [6.45, 7) is 5.92. The molecule has 1 unspecified atom stereocenters. The van der Waals surface area contributed by atoms with E-state index in [0.29, 0.717) is 18.0 Å². The van der Waals surface area contributed by atoms with Crippen LogP contribution in [0, 0.1) is 12.7 Å². The molecule has 0 fully saturated rings. The zero-order valence-electron chi connectivity index (χ0n) is 13.5. The molecule has 0 radical (unpaired) electrons. The molecule has 23 heavy (non-hydrogen) atoms. The summed E-state index contributed by atoms with van der Waals surface area (Å²) in [7, 11) is 0. The highest BCUT2D eigenvalue weighted by Crippen LogP contribution is 2.26. The lowest BCUT2D eigenvalue weighted by Gasteiger charge is -2.18. The number of aryl methyl sites for hydroxylation is 1. The minimum absolute atomic E-state index is 0.175. The van der Waals surface area contributed by atoms with Crippen molar-refractivity contribution in [1.29, 1.82) is 0 Å². The summed E-state index contributed by atoms with van der Waals surface area (Å²) in [6, 6.07) is 11.3. The van der Waals surface area contributed by atoms with E-state index in [-0.39, 0.29) is 11.7 Å². The number of anilines is 2. The Labute approximate surface area is 135 Å². The minimum atomic E-state index is -0.501. The summed E-state index contributed by atoms with van der Waals surface area (Å²) in [5.41, 5.74) is 2.35. The first-order valence-electron chi connectivity index (χ1n) is 7.56. The summed E-state index contributed by atoms with van der Waals surface area (Å²) < 4.78 is 18.7. The molecule has 2 aromatic carbocycles. The van der Waals surface area contributed by atoms with Crippen molar-refractivity contribution in [3.05, 3.63) is 53.8 Å². The zero-order chi connectivity index (χ0) is 16.8. The molecule has 0 spiro atoms. The number of para-hydroxylation sites is 1. The van der Waals surface area contributed by atoms with Crippen molar-refractivity contribution in [2.45, 2.75) is 26.8 Å². The average Bonchev–Trinajstić information content (AvgIpc) is 2.52. The normalized spacial score (nSPS) is 11.7. The molecular formula is C18H21FN2O2. The minimum Gasteiger partial charge on any atom is -0.492 e. The van der Waals surface area contributed by atoms with E-state index in [0.717, 1.165) is 11.3 Å². The number of ether oxygens (including phenoxy) is 1. The van der Waals surface area contributed by atoms with E-state index in [1.807, 2.05) is 38.1 Å². The molecule has 2 rings (SSSR count). The molecule has 0 aliphatic heterocycles. The van der Waals surface area contributed by atoms with Crippen molar-refractivity contribution in [1.82, 2.24) is 0 Å². The van der Waals surface area contributed by atoms with Gasteiger partial charge in [-0.3, -0.25) is 4.79 Å². The molecule has 0 heterocycles. The number of rotatable bonds is 6. The highest BCUT2D eigenvalue weighted by atomic mass is 19.1. The lowest BCUT2D eigenvalue weighted by molar-refractivity contribution is -0.116. The Morgan fingerprint density at radius 1 is 1.22 bits per heavy atom. The van der Waals surface area contributed by atoms with Crippen LogP contribution in [0.4, 0.5) is 15.8 Å². The number of benzene rings is 2. The Bertz CT molecular complexity index is 688. The average molecular weight is 316 g/mol. The van der Waals surface area contributed by atoms with Crippen LogP contribution in [0.5, 0.6) is 5.75 Å². The number of amides is 1. The molecule has 0 bridgehead atoms. The molecule has 5 heteroatoms. The van der Waals surface area contributed by atoms with Gasteiger partial charge in [0.1, 0.15) is 17.6 Å². The summed E-state index contributed by atoms with van der Waals surface area (Å²) >= 11 is 0. The van der Waals surface area contributed by atoms with E-state index in [1.54, 1.807) is 13.0 Å². The van der Waals surface area contributed by atoms with Crippen LogP contribution in [0.15, 0.2) is 42.5 Å². The molecule has 0 aliphatic rings. The second kappa shape index (κ2) is 7.63. The number of carbonyl (C=O) groups excluding carboxylic acids is 1. The fourth-order valence-electron chi connectivity index (χ4n) is 2.14. The second-order valence-electron chi connectivity index (χ2n) is 5.24. The molecule has 1 amide bonds. The molecule has 2 aromatic rings. The first-order chi connectivity index (χ1) is 11.0. The molecule has 0 aliphatic carbocycles. The molecule has 1 atom stereocenters. The number of hydrogen-bond acceptors (Lipinski definition) is 3. The number of nitrogens with one attached hydrogen (secondary N) is 2. The van der Waals surface area contributed by atoms with Crippen molar-refractivity contribution in [3.63, 3.8) is 0 Å². The third kappa shape index (κ3) is 4.45. The first-order valence-corrected chi connectivity index (χ1v) is 7.56. The third-order valence-electron chi connectivity index (χ3n) is 3.41. The zero-order valence-corrected chi connectivity index (χ0v) is 13.5. The van der Waals surface area contributed by atoms with Gasteiger partial charge in [0, 0.05) is 11.8 Å². The van der Waals surface area contributed by atoms with Crippen LogP contribution in [0.3, 0.4) is 0 Å².